The maximum absolute atomic E-state index is 12.0. The van der Waals surface area contributed by atoms with E-state index in [4.69, 9.17) is 9.84 Å². The summed E-state index contributed by atoms with van der Waals surface area (Å²) in [5, 5.41) is 8.62. The van der Waals surface area contributed by atoms with Crippen LogP contribution in [0.4, 0.5) is 0 Å². The fourth-order valence-electron chi connectivity index (χ4n) is 1.46. The van der Waals surface area contributed by atoms with Crippen LogP contribution in [0.2, 0.25) is 0 Å². The van der Waals surface area contributed by atoms with E-state index in [1.165, 1.54) is 18.5 Å². The number of hydrogen-bond donors (Lipinski definition) is 2. The topological polar surface area (TPSA) is 88.5 Å². The molecular weight excluding hydrogens is 292 g/mol. The van der Waals surface area contributed by atoms with Gasteiger partial charge in [-0.3, -0.25) is 4.98 Å². The number of rotatable bonds is 8. The van der Waals surface area contributed by atoms with Gasteiger partial charge in [-0.15, -0.1) is 0 Å². The van der Waals surface area contributed by atoms with Gasteiger partial charge in [0.05, 0.1) is 6.61 Å². The summed E-state index contributed by atoms with van der Waals surface area (Å²) in [6.45, 7) is 2.94. The number of nitrogens with zero attached hydrogens (tertiary/aromatic N) is 1. The van der Waals surface area contributed by atoms with Crippen LogP contribution in [0.15, 0.2) is 23.4 Å². The molecule has 0 aromatic carbocycles. The van der Waals surface area contributed by atoms with Crippen molar-refractivity contribution in [2.75, 3.05) is 26.4 Å². The van der Waals surface area contributed by atoms with E-state index >= 15 is 0 Å². The summed E-state index contributed by atoms with van der Waals surface area (Å²) >= 11 is 0. The maximum atomic E-state index is 12.0. The van der Waals surface area contributed by atoms with E-state index in [-0.39, 0.29) is 18.0 Å². The Bertz CT molecular complexity index is 590. The third-order valence-corrected chi connectivity index (χ3v) is 3.94. The maximum Gasteiger partial charge on any atom is 0.242 e. The molecule has 0 atom stereocenters. The summed E-state index contributed by atoms with van der Waals surface area (Å²) in [4.78, 5) is 3.88. The van der Waals surface area contributed by atoms with Crippen molar-refractivity contribution in [3.05, 3.63) is 24.0 Å². The molecule has 0 unspecified atom stereocenters. The minimum atomic E-state index is -3.62. The number of pyridine rings is 1. The number of unbranched alkanes of at least 4 members (excludes halogenated alkanes) is 1. The molecule has 0 saturated carbocycles. The van der Waals surface area contributed by atoms with E-state index in [0.29, 0.717) is 18.8 Å². The second kappa shape index (κ2) is 9.47. The fourth-order valence-corrected chi connectivity index (χ4v) is 2.46. The highest BCUT2D eigenvalue weighted by molar-refractivity contribution is 7.89. The lowest BCUT2D eigenvalue weighted by atomic mass is 10.3. The molecule has 0 saturated heterocycles. The van der Waals surface area contributed by atoms with E-state index in [0.717, 1.165) is 12.8 Å². The summed E-state index contributed by atoms with van der Waals surface area (Å²) in [5.74, 6) is 5.06. The molecule has 1 heterocycles. The van der Waals surface area contributed by atoms with Crippen molar-refractivity contribution in [1.82, 2.24) is 9.71 Å². The molecule has 1 aromatic rings. The van der Waals surface area contributed by atoms with Crippen molar-refractivity contribution in [2.24, 2.45) is 0 Å². The summed E-state index contributed by atoms with van der Waals surface area (Å²) < 4.78 is 31.8. The van der Waals surface area contributed by atoms with E-state index in [2.05, 4.69) is 28.5 Å². The summed E-state index contributed by atoms with van der Waals surface area (Å²) in [5.41, 5.74) is 0.436. The number of hydrogen-bond acceptors (Lipinski definition) is 5. The van der Waals surface area contributed by atoms with Crippen LogP contribution in [0.25, 0.3) is 0 Å². The van der Waals surface area contributed by atoms with Crippen LogP contribution in [-0.2, 0) is 14.8 Å². The molecule has 1 rings (SSSR count). The Balaban J connectivity index is 2.57. The number of nitrogens with one attached hydrogen (secondary N) is 1. The SMILES string of the molecule is CCCCOCCNS(=O)(=O)c1cncc(C#CCO)c1. The third kappa shape index (κ3) is 6.69. The van der Waals surface area contributed by atoms with Crippen molar-refractivity contribution in [3.63, 3.8) is 0 Å². The van der Waals surface area contributed by atoms with E-state index in [9.17, 15) is 8.42 Å². The molecule has 21 heavy (non-hydrogen) atoms. The Morgan fingerprint density at radius 3 is 2.90 bits per heavy atom. The van der Waals surface area contributed by atoms with E-state index < -0.39 is 10.0 Å². The smallest absolute Gasteiger partial charge is 0.242 e. The van der Waals surface area contributed by atoms with Crippen molar-refractivity contribution in [1.29, 1.82) is 0 Å². The minimum Gasteiger partial charge on any atom is -0.384 e. The fraction of sp³-hybridized carbons (Fsp3) is 0.500. The summed E-state index contributed by atoms with van der Waals surface area (Å²) in [6, 6.07) is 1.41. The normalized spacial score (nSPS) is 11.0. The Kier molecular flexibility index (Phi) is 7.93. The zero-order valence-corrected chi connectivity index (χ0v) is 12.8. The molecule has 1 aromatic heterocycles. The highest BCUT2D eigenvalue weighted by Crippen LogP contribution is 2.08. The van der Waals surface area contributed by atoms with Gasteiger partial charge in [-0.2, -0.15) is 0 Å². The first-order valence-corrected chi connectivity index (χ1v) is 8.20. The molecule has 0 aliphatic rings. The molecule has 0 aliphatic carbocycles. The highest BCUT2D eigenvalue weighted by atomic mass is 32.2. The van der Waals surface area contributed by atoms with Gasteiger partial charge in [0, 0.05) is 31.1 Å². The van der Waals surface area contributed by atoms with Gasteiger partial charge in [0.1, 0.15) is 11.5 Å². The third-order valence-electron chi connectivity index (χ3n) is 2.52. The Morgan fingerprint density at radius 1 is 1.38 bits per heavy atom. The molecule has 7 heteroatoms. The quantitative estimate of drug-likeness (QED) is 0.540. The predicted octanol–water partition coefficient (Wildman–Crippen LogP) is 0.520. The molecular formula is C14H20N2O4S. The van der Waals surface area contributed by atoms with Crippen LogP contribution in [-0.4, -0.2) is 44.9 Å². The van der Waals surface area contributed by atoms with Crippen molar-refractivity contribution in [2.45, 2.75) is 24.7 Å². The second-order valence-electron chi connectivity index (χ2n) is 4.23. The largest absolute Gasteiger partial charge is 0.384 e. The van der Waals surface area contributed by atoms with Crippen LogP contribution in [0.1, 0.15) is 25.3 Å². The Hall–Kier alpha value is -1.46. The van der Waals surface area contributed by atoms with Crippen LogP contribution in [0, 0.1) is 11.8 Å². The number of aliphatic hydroxyl groups is 1. The molecule has 0 aliphatic heterocycles. The first kappa shape index (κ1) is 17.6. The Labute approximate surface area is 125 Å². The monoisotopic (exact) mass is 312 g/mol. The summed E-state index contributed by atoms with van der Waals surface area (Å²) in [6.07, 6.45) is 4.70. The number of ether oxygens (including phenoxy) is 1. The molecule has 0 fully saturated rings. The van der Waals surface area contributed by atoms with E-state index in [1.807, 2.05) is 0 Å². The van der Waals surface area contributed by atoms with Gasteiger partial charge in [0.15, 0.2) is 0 Å². The average molecular weight is 312 g/mol. The van der Waals surface area contributed by atoms with Crippen LogP contribution in [0.5, 0.6) is 0 Å². The van der Waals surface area contributed by atoms with Crippen molar-refractivity contribution >= 4 is 10.0 Å². The standard InChI is InChI=1S/C14H20N2O4S/c1-2-3-8-20-9-6-16-21(18,19)14-10-13(5-4-7-17)11-15-12-14/h10-12,16-17H,2-3,6-9H2,1H3. The van der Waals surface area contributed by atoms with Crippen molar-refractivity contribution in [3.8, 4) is 11.8 Å². The summed E-state index contributed by atoms with van der Waals surface area (Å²) in [7, 11) is -3.62. The zero-order valence-electron chi connectivity index (χ0n) is 12.0. The lowest BCUT2D eigenvalue weighted by Crippen LogP contribution is -2.27. The molecule has 6 nitrogen and oxygen atoms in total. The lowest BCUT2D eigenvalue weighted by Gasteiger charge is -2.07. The zero-order chi connectivity index (χ0) is 15.6. The second-order valence-corrected chi connectivity index (χ2v) is 6.00. The van der Waals surface area contributed by atoms with Gasteiger partial charge >= 0.3 is 0 Å². The molecule has 0 amide bonds. The van der Waals surface area contributed by atoms with Crippen LogP contribution in [0.3, 0.4) is 0 Å². The predicted molar refractivity (Wildman–Crippen MR) is 79.1 cm³/mol. The molecule has 0 radical (unpaired) electrons. The van der Waals surface area contributed by atoms with Gasteiger partial charge in [-0.1, -0.05) is 25.2 Å². The first-order chi connectivity index (χ1) is 10.1. The number of sulfonamides is 1. The van der Waals surface area contributed by atoms with Gasteiger partial charge in [-0.05, 0) is 12.5 Å². The van der Waals surface area contributed by atoms with Gasteiger partial charge in [0.25, 0.3) is 0 Å². The van der Waals surface area contributed by atoms with Crippen LogP contribution >= 0.6 is 0 Å². The molecule has 2 N–H and O–H groups in total. The van der Waals surface area contributed by atoms with Crippen LogP contribution < -0.4 is 4.72 Å². The molecule has 0 bridgehead atoms. The van der Waals surface area contributed by atoms with Gasteiger partial charge in [0.2, 0.25) is 10.0 Å². The van der Waals surface area contributed by atoms with Gasteiger partial charge < -0.3 is 9.84 Å². The van der Waals surface area contributed by atoms with Gasteiger partial charge in [-0.25, -0.2) is 13.1 Å². The van der Waals surface area contributed by atoms with E-state index in [1.54, 1.807) is 0 Å². The average Bonchev–Trinajstić information content (AvgIpc) is 2.49. The number of aliphatic hydroxyl groups excluding tert-OH is 1. The Morgan fingerprint density at radius 2 is 2.19 bits per heavy atom. The minimum absolute atomic E-state index is 0.0424. The van der Waals surface area contributed by atoms with Crippen molar-refractivity contribution < 1.29 is 18.3 Å². The number of aromatic nitrogens is 1. The molecule has 0 spiro atoms. The lowest BCUT2D eigenvalue weighted by molar-refractivity contribution is 0.136. The molecule has 116 valence electrons. The first-order valence-electron chi connectivity index (χ1n) is 6.72. The highest BCUT2D eigenvalue weighted by Gasteiger charge is 2.14.